The Morgan fingerprint density at radius 1 is 0.963 bits per heavy atom. The summed E-state index contributed by atoms with van der Waals surface area (Å²) in [4.78, 5) is 12.5. The van der Waals surface area contributed by atoms with Gasteiger partial charge in [0.1, 0.15) is 22.9 Å². The van der Waals surface area contributed by atoms with E-state index in [2.05, 4.69) is 15.5 Å². The molecule has 1 aromatic heterocycles. The van der Waals surface area contributed by atoms with Crippen LogP contribution < -0.4 is 19.5 Å². The molecule has 0 saturated carbocycles. The number of methoxy groups -OCH3 is 3. The summed E-state index contributed by atoms with van der Waals surface area (Å²) in [5.41, 5.74) is 3.63. The lowest BCUT2D eigenvalue weighted by Crippen LogP contribution is -2.21. The van der Waals surface area contributed by atoms with Gasteiger partial charge in [-0.2, -0.15) is 5.10 Å². The standard InChI is InChI=1S/C20H19N3O4/c1-25-12-6-4-5-11(9-12)17-16-18(21-20(24)19(16)23-22-17)14-8-7-13(26-2)10-15(14)27-3/h4-10,18H,1-3H3,(H,21,24)(H,22,23). The van der Waals surface area contributed by atoms with E-state index in [-0.39, 0.29) is 11.9 Å². The van der Waals surface area contributed by atoms with Crippen molar-refractivity contribution in [3.63, 3.8) is 0 Å². The number of carbonyl (C=O) groups is 1. The van der Waals surface area contributed by atoms with E-state index >= 15 is 0 Å². The summed E-state index contributed by atoms with van der Waals surface area (Å²) in [6, 6.07) is 12.7. The number of hydrogen-bond donors (Lipinski definition) is 2. The molecule has 0 radical (unpaired) electrons. The van der Waals surface area contributed by atoms with Crippen molar-refractivity contribution in [1.29, 1.82) is 0 Å². The molecule has 0 fully saturated rings. The number of ether oxygens (including phenoxy) is 3. The topological polar surface area (TPSA) is 85.5 Å². The molecule has 0 saturated heterocycles. The SMILES string of the molecule is COc1cccc(-c2n[nH]c3c2C(c2ccc(OC)cc2OC)NC3=O)c1. The van der Waals surface area contributed by atoms with Crippen LogP contribution in [0.4, 0.5) is 0 Å². The third-order valence-corrected chi connectivity index (χ3v) is 4.69. The molecule has 138 valence electrons. The number of H-pyrrole nitrogens is 1. The molecule has 2 N–H and O–H groups in total. The van der Waals surface area contributed by atoms with Crippen molar-refractivity contribution >= 4 is 5.91 Å². The highest BCUT2D eigenvalue weighted by molar-refractivity contribution is 6.00. The molecule has 0 aliphatic carbocycles. The Kier molecular flexibility index (Phi) is 4.19. The van der Waals surface area contributed by atoms with Gasteiger partial charge in [-0.3, -0.25) is 9.89 Å². The molecule has 1 unspecified atom stereocenters. The molecule has 7 nitrogen and oxygen atoms in total. The molecule has 1 aliphatic heterocycles. The smallest absolute Gasteiger partial charge is 0.270 e. The van der Waals surface area contributed by atoms with E-state index in [9.17, 15) is 4.79 Å². The van der Waals surface area contributed by atoms with Crippen LogP contribution in [0.2, 0.25) is 0 Å². The van der Waals surface area contributed by atoms with Gasteiger partial charge in [0.15, 0.2) is 0 Å². The highest BCUT2D eigenvalue weighted by atomic mass is 16.5. The van der Waals surface area contributed by atoms with Gasteiger partial charge in [0, 0.05) is 22.8 Å². The highest BCUT2D eigenvalue weighted by Gasteiger charge is 2.37. The monoisotopic (exact) mass is 365 g/mol. The number of nitrogens with one attached hydrogen (secondary N) is 2. The van der Waals surface area contributed by atoms with Crippen LogP contribution in [-0.4, -0.2) is 37.4 Å². The largest absolute Gasteiger partial charge is 0.497 e. The van der Waals surface area contributed by atoms with Crippen molar-refractivity contribution in [1.82, 2.24) is 15.5 Å². The molecule has 1 aliphatic rings. The van der Waals surface area contributed by atoms with Crippen LogP contribution in [0.1, 0.15) is 27.7 Å². The van der Waals surface area contributed by atoms with Gasteiger partial charge in [-0.15, -0.1) is 0 Å². The molecule has 2 heterocycles. The van der Waals surface area contributed by atoms with E-state index in [1.54, 1.807) is 27.4 Å². The summed E-state index contributed by atoms with van der Waals surface area (Å²) in [5.74, 6) is 1.83. The Labute approximate surface area is 156 Å². The van der Waals surface area contributed by atoms with Gasteiger partial charge in [0.2, 0.25) is 0 Å². The van der Waals surface area contributed by atoms with Crippen LogP contribution in [0, 0.1) is 0 Å². The van der Waals surface area contributed by atoms with Crippen LogP contribution in [0.25, 0.3) is 11.3 Å². The maximum atomic E-state index is 12.5. The molecule has 1 amide bonds. The van der Waals surface area contributed by atoms with Crippen LogP contribution in [-0.2, 0) is 0 Å². The van der Waals surface area contributed by atoms with Crippen molar-refractivity contribution in [2.45, 2.75) is 6.04 Å². The zero-order chi connectivity index (χ0) is 19.0. The molecule has 1 atom stereocenters. The van der Waals surface area contributed by atoms with Gasteiger partial charge >= 0.3 is 0 Å². The second kappa shape index (κ2) is 6.68. The lowest BCUT2D eigenvalue weighted by molar-refractivity contribution is 0.0955. The first-order valence-electron chi connectivity index (χ1n) is 8.41. The first-order chi connectivity index (χ1) is 13.2. The van der Waals surface area contributed by atoms with Gasteiger partial charge < -0.3 is 19.5 Å². The first kappa shape index (κ1) is 17.0. The van der Waals surface area contributed by atoms with Gasteiger partial charge in [-0.25, -0.2) is 0 Å². The van der Waals surface area contributed by atoms with E-state index in [4.69, 9.17) is 14.2 Å². The minimum atomic E-state index is -0.381. The molecule has 0 spiro atoms. The fourth-order valence-electron chi connectivity index (χ4n) is 3.36. The van der Waals surface area contributed by atoms with E-state index in [1.165, 1.54) is 0 Å². The van der Waals surface area contributed by atoms with Crippen LogP contribution in [0.3, 0.4) is 0 Å². The van der Waals surface area contributed by atoms with Crippen LogP contribution >= 0.6 is 0 Å². The number of nitrogens with zero attached hydrogens (tertiary/aromatic N) is 1. The molecule has 0 bridgehead atoms. The number of aromatic amines is 1. The minimum absolute atomic E-state index is 0.200. The molecule has 2 aromatic carbocycles. The maximum absolute atomic E-state index is 12.5. The third kappa shape index (κ3) is 2.77. The van der Waals surface area contributed by atoms with Crippen molar-refractivity contribution in [3.8, 4) is 28.5 Å². The Balaban J connectivity index is 1.85. The van der Waals surface area contributed by atoms with E-state index in [1.807, 2.05) is 36.4 Å². The highest BCUT2D eigenvalue weighted by Crippen LogP contribution is 2.41. The normalized spacial score (nSPS) is 15.2. The molecule has 27 heavy (non-hydrogen) atoms. The van der Waals surface area contributed by atoms with Crippen LogP contribution in [0.5, 0.6) is 17.2 Å². The predicted octanol–water partition coefficient (Wildman–Crippen LogP) is 2.94. The number of fused-ring (bicyclic) bond motifs is 1. The van der Waals surface area contributed by atoms with Gasteiger partial charge in [-0.05, 0) is 24.3 Å². The second-order valence-corrected chi connectivity index (χ2v) is 6.11. The summed E-state index contributed by atoms with van der Waals surface area (Å²) in [6.07, 6.45) is 0. The van der Waals surface area contributed by atoms with E-state index in [0.717, 1.165) is 22.4 Å². The summed E-state index contributed by atoms with van der Waals surface area (Å²) >= 11 is 0. The summed E-state index contributed by atoms with van der Waals surface area (Å²) in [6.45, 7) is 0. The number of hydrogen-bond acceptors (Lipinski definition) is 5. The Bertz CT molecular complexity index is 1010. The van der Waals surface area contributed by atoms with E-state index in [0.29, 0.717) is 22.9 Å². The second-order valence-electron chi connectivity index (χ2n) is 6.11. The van der Waals surface area contributed by atoms with Gasteiger partial charge in [-0.1, -0.05) is 12.1 Å². The molecule has 7 heteroatoms. The lowest BCUT2D eigenvalue weighted by Gasteiger charge is -2.17. The number of benzene rings is 2. The number of carbonyl (C=O) groups excluding carboxylic acids is 1. The number of amides is 1. The van der Waals surface area contributed by atoms with E-state index < -0.39 is 0 Å². The average molecular weight is 365 g/mol. The van der Waals surface area contributed by atoms with Gasteiger partial charge in [0.25, 0.3) is 5.91 Å². The lowest BCUT2D eigenvalue weighted by atomic mass is 9.96. The Morgan fingerprint density at radius 3 is 2.48 bits per heavy atom. The summed E-state index contributed by atoms with van der Waals surface area (Å²) in [5, 5.41) is 10.3. The molecule has 4 rings (SSSR count). The van der Waals surface area contributed by atoms with Crippen molar-refractivity contribution in [3.05, 3.63) is 59.3 Å². The number of rotatable bonds is 5. The average Bonchev–Trinajstić information content (AvgIpc) is 3.29. The zero-order valence-corrected chi connectivity index (χ0v) is 15.2. The molecular weight excluding hydrogens is 346 g/mol. The van der Waals surface area contributed by atoms with Crippen LogP contribution in [0.15, 0.2) is 42.5 Å². The number of aromatic nitrogens is 2. The minimum Gasteiger partial charge on any atom is -0.497 e. The predicted molar refractivity (Wildman–Crippen MR) is 99.4 cm³/mol. The molecular formula is C20H19N3O4. The maximum Gasteiger partial charge on any atom is 0.270 e. The van der Waals surface area contributed by atoms with Crippen molar-refractivity contribution in [2.24, 2.45) is 0 Å². The first-order valence-corrected chi connectivity index (χ1v) is 8.41. The van der Waals surface area contributed by atoms with Crippen molar-refractivity contribution in [2.75, 3.05) is 21.3 Å². The third-order valence-electron chi connectivity index (χ3n) is 4.69. The Morgan fingerprint density at radius 2 is 1.74 bits per heavy atom. The van der Waals surface area contributed by atoms with Crippen molar-refractivity contribution < 1.29 is 19.0 Å². The van der Waals surface area contributed by atoms with Gasteiger partial charge in [0.05, 0.1) is 33.1 Å². The fourth-order valence-corrected chi connectivity index (χ4v) is 3.36. The fraction of sp³-hybridized carbons (Fsp3) is 0.200. The summed E-state index contributed by atoms with van der Waals surface area (Å²) < 4.78 is 16.1. The summed E-state index contributed by atoms with van der Waals surface area (Å²) in [7, 11) is 4.80. The quantitative estimate of drug-likeness (QED) is 0.726. The molecule has 3 aromatic rings. The Hall–Kier alpha value is -3.48. The zero-order valence-electron chi connectivity index (χ0n) is 15.2.